The van der Waals surface area contributed by atoms with Gasteiger partial charge in [0, 0.05) is 38.4 Å². The zero-order chi connectivity index (χ0) is 17.1. The van der Waals surface area contributed by atoms with E-state index in [4.69, 9.17) is 4.98 Å². The lowest BCUT2D eigenvalue weighted by molar-refractivity contribution is 0.132. The topological polar surface area (TPSA) is 63.1 Å². The van der Waals surface area contributed by atoms with Crippen molar-refractivity contribution in [1.82, 2.24) is 24.8 Å². The van der Waals surface area contributed by atoms with Crippen LogP contribution < -0.4 is 10.9 Å². The Kier molecular flexibility index (Phi) is 5.26. The van der Waals surface area contributed by atoms with Gasteiger partial charge in [-0.15, -0.1) is 0 Å². The van der Waals surface area contributed by atoms with Gasteiger partial charge >= 0.3 is 0 Å². The minimum Gasteiger partial charge on any atom is -0.312 e. The summed E-state index contributed by atoms with van der Waals surface area (Å²) in [5.74, 6) is 0.888. The van der Waals surface area contributed by atoms with E-state index in [1.54, 1.807) is 6.20 Å². The van der Waals surface area contributed by atoms with E-state index in [1.807, 2.05) is 23.6 Å². The second kappa shape index (κ2) is 7.40. The number of nitrogens with one attached hydrogen (secondary N) is 1. The van der Waals surface area contributed by atoms with Crippen molar-refractivity contribution < 1.29 is 0 Å². The molecule has 0 aromatic carbocycles. The van der Waals surface area contributed by atoms with Gasteiger partial charge in [-0.1, -0.05) is 13.3 Å². The number of aromatic nitrogens is 3. The lowest BCUT2D eigenvalue weighted by Crippen LogP contribution is -2.51. The molecular formula is C18H27N5O. The summed E-state index contributed by atoms with van der Waals surface area (Å²) in [6, 6.07) is 4.37. The van der Waals surface area contributed by atoms with Crippen molar-refractivity contribution in [3.8, 4) is 0 Å². The van der Waals surface area contributed by atoms with E-state index in [0.29, 0.717) is 23.6 Å². The molecule has 2 aromatic heterocycles. The van der Waals surface area contributed by atoms with Gasteiger partial charge in [-0.3, -0.25) is 14.3 Å². The molecule has 2 unspecified atom stereocenters. The van der Waals surface area contributed by atoms with Crippen LogP contribution in [0.2, 0.25) is 0 Å². The Hall–Kier alpha value is -1.79. The van der Waals surface area contributed by atoms with Crippen LogP contribution in [0.1, 0.15) is 45.5 Å². The molecule has 6 nitrogen and oxygen atoms in total. The van der Waals surface area contributed by atoms with Crippen LogP contribution in [0, 0.1) is 0 Å². The Labute approximate surface area is 142 Å². The summed E-state index contributed by atoms with van der Waals surface area (Å²) in [4.78, 5) is 24.4. The molecule has 130 valence electrons. The van der Waals surface area contributed by atoms with Gasteiger partial charge in [-0.25, -0.2) is 9.97 Å². The van der Waals surface area contributed by atoms with Gasteiger partial charge in [0.25, 0.3) is 5.56 Å². The Balaban J connectivity index is 2.11. The third-order valence-electron chi connectivity index (χ3n) is 4.76. The average Bonchev–Trinajstić information content (AvgIpc) is 2.59. The fourth-order valence-corrected chi connectivity index (χ4v) is 3.62. The van der Waals surface area contributed by atoms with Crippen molar-refractivity contribution >= 4 is 11.0 Å². The van der Waals surface area contributed by atoms with Crippen LogP contribution in [-0.2, 0) is 6.54 Å². The summed E-state index contributed by atoms with van der Waals surface area (Å²) < 4.78 is 1.81. The van der Waals surface area contributed by atoms with Crippen molar-refractivity contribution in [3.05, 3.63) is 34.5 Å². The maximum absolute atomic E-state index is 12.9. The lowest BCUT2D eigenvalue weighted by atomic mass is 10.1. The average molecular weight is 329 g/mol. The van der Waals surface area contributed by atoms with E-state index in [1.165, 1.54) is 0 Å². The molecule has 3 heterocycles. The highest BCUT2D eigenvalue weighted by Gasteiger charge is 2.28. The van der Waals surface area contributed by atoms with Crippen LogP contribution in [-0.4, -0.2) is 45.1 Å². The van der Waals surface area contributed by atoms with Gasteiger partial charge in [-0.2, -0.15) is 0 Å². The van der Waals surface area contributed by atoms with Crippen molar-refractivity contribution in [2.75, 3.05) is 19.6 Å². The van der Waals surface area contributed by atoms with E-state index < -0.39 is 0 Å². The second-order valence-corrected chi connectivity index (χ2v) is 6.55. The third kappa shape index (κ3) is 3.21. The third-order valence-corrected chi connectivity index (χ3v) is 4.76. The molecule has 0 aliphatic carbocycles. The number of fused-ring (bicyclic) bond motifs is 1. The number of piperazine rings is 1. The van der Waals surface area contributed by atoms with Gasteiger partial charge in [0.1, 0.15) is 5.82 Å². The quantitative estimate of drug-likeness (QED) is 0.908. The minimum atomic E-state index is -0.0256. The van der Waals surface area contributed by atoms with Gasteiger partial charge < -0.3 is 5.32 Å². The van der Waals surface area contributed by atoms with Crippen LogP contribution >= 0.6 is 0 Å². The molecule has 2 atom stereocenters. The Morgan fingerprint density at radius 1 is 1.42 bits per heavy atom. The smallest absolute Gasteiger partial charge is 0.280 e. The van der Waals surface area contributed by atoms with Crippen LogP contribution in [0.3, 0.4) is 0 Å². The summed E-state index contributed by atoms with van der Waals surface area (Å²) in [6.07, 6.45) is 3.73. The number of rotatable bonds is 5. The summed E-state index contributed by atoms with van der Waals surface area (Å²) in [7, 11) is 0. The molecule has 6 heteroatoms. The van der Waals surface area contributed by atoms with Crippen LogP contribution in [0.15, 0.2) is 23.1 Å². The zero-order valence-electron chi connectivity index (χ0n) is 14.8. The Bertz CT molecular complexity index is 757. The largest absolute Gasteiger partial charge is 0.312 e. The summed E-state index contributed by atoms with van der Waals surface area (Å²) in [6.45, 7) is 9.97. The maximum Gasteiger partial charge on any atom is 0.280 e. The summed E-state index contributed by atoms with van der Waals surface area (Å²) in [5, 5.41) is 3.49. The highest BCUT2D eigenvalue weighted by Crippen LogP contribution is 2.26. The van der Waals surface area contributed by atoms with E-state index in [-0.39, 0.29) is 11.6 Å². The maximum atomic E-state index is 12.9. The molecular weight excluding hydrogens is 302 g/mol. The first-order valence-corrected chi connectivity index (χ1v) is 8.98. The molecule has 0 spiro atoms. The number of hydrogen-bond donors (Lipinski definition) is 1. The highest BCUT2D eigenvalue weighted by atomic mass is 16.1. The second-order valence-electron chi connectivity index (χ2n) is 6.55. The lowest BCUT2D eigenvalue weighted by Gasteiger charge is -2.38. The number of pyridine rings is 1. The first kappa shape index (κ1) is 17.0. The van der Waals surface area contributed by atoms with E-state index >= 15 is 0 Å². The van der Waals surface area contributed by atoms with Gasteiger partial charge in [0.15, 0.2) is 5.52 Å². The molecule has 0 bridgehead atoms. The predicted molar refractivity (Wildman–Crippen MR) is 96.2 cm³/mol. The van der Waals surface area contributed by atoms with E-state index in [2.05, 4.69) is 29.0 Å². The molecule has 1 N–H and O–H groups in total. The number of nitrogens with zero attached hydrogens (tertiary/aromatic N) is 4. The normalized spacial score (nSPS) is 20.4. The van der Waals surface area contributed by atoms with Crippen LogP contribution in [0.4, 0.5) is 0 Å². The monoisotopic (exact) mass is 329 g/mol. The molecule has 1 aliphatic rings. The molecule has 0 amide bonds. The molecule has 24 heavy (non-hydrogen) atoms. The molecule has 0 radical (unpaired) electrons. The molecule has 2 aromatic rings. The Morgan fingerprint density at radius 3 is 2.96 bits per heavy atom. The van der Waals surface area contributed by atoms with Crippen LogP contribution in [0.5, 0.6) is 0 Å². The van der Waals surface area contributed by atoms with Crippen molar-refractivity contribution in [1.29, 1.82) is 0 Å². The fraction of sp³-hybridized carbons (Fsp3) is 0.611. The first-order chi connectivity index (χ1) is 11.7. The van der Waals surface area contributed by atoms with Gasteiger partial charge in [-0.05, 0) is 32.4 Å². The van der Waals surface area contributed by atoms with Crippen molar-refractivity contribution in [3.63, 3.8) is 0 Å². The molecule has 0 saturated carbocycles. The summed E-state index contributed by atoms with van der Waals surface area (Å²) in [5.41, 5.74) is 1.14. The molecule has 1 fully saturated rings. The van der Waals surface area contributed by atoms with E-state index in [0.717, 1.165) is 38.3 Å². The predicted octanol–water partition coefficient (Wildman–Crippen LogP) is 1.95. The first-order valence-electron chi connectivity index (χ1n) is 8.98. The fourth-order valence-electron chi connectivity index (χ4n) is 3.62. The SMILES string of the molecule is CCCC(c1nc2cccnc2c(=O)n1CC)N1CCNC(C)C1. The molecule has 1 aliphatic heterocycles. The van der Waals surface area contributed by atoms with Crippen molar-refractivity contribution in [2.24, 2.45) is 0 Å². The molecule has 3 rings (SSSR count). The minimum absolute atomic E-state index is 0.0256. The number of hydrogen-bond acceptors (Lipinski definition) is 5. The highest BCUT2D eigenvalue weighted by molar-refractivity contribution is 5.72. The van der Waals surface area contributed by atoms with Gasteiger partial charge in [0.05, 0.1) is 11.6 Å². The molecule has 1 saturated heterocycles. The zero-order valence-corrected chi connectivity index (χ0v) is 14.8. The Morgan fingerprint density at radius 2 is 2.25 bits per heavy atom. The van der Waals surface area contributed by atoms with Crippen LogP contribution in [0.25, 0.3) is 11.0 Å². The van der Waals surface area contributed by atoms with Gasteiger partial charge in [0.2, 0.25) is 0 Å². The standard InChI is InChI=1S/C18H27N5O/c1-4-7-15(22-11-10-19-13(3)12-22)17-21-14-8-6-9-20-16(14)18(24)23(17)5-2/h6,8-9,13,15,19H,4-5,7,10-12H2,1-3H3. The van der Waals surface area contributed by atoms with Crippen molar-refractivity contribution in [2.45, 2.75) is 52.2 Å². The van der Waals surface area contributed by atoms with E-state index in [9.17, 15) is 4.79 Å². The summed E-state index contributed by atoms with van der Waals surface area (Å²) >= 11 is 0.